The lowest BCUT2D eigenvalue weighted by Crippen LogP contribution is -2.38. The second kappa shape index (κ2) is 7.34. The number of hydrazine groups is 1. The summed E-state index contributed by atoms with van der Waals surface area (Å²) in [5.74, 6) is 5.27. The molecule has 0 saturated heterocycles. The summed E-state index contributed by atoms with van der Waals surface area (Å²) < 4.78 is 31.7. The molecule has 0 fully saturated rings. The Labute approximate surface area is 112 Å². The number of methoxy groups -OCH3 is 1. The van der Waals surface area contributed by atoms with E-state index in [0.29, 0.717) is 13.0 Å². The van der Waals surface area contributed by atoms with Crippen LogP contribution in [0.4, 0.5) is 5.95 Å². The first-order chi connectivity index (χ1) is 9.03. The van der Waals surface area contributed by atoms with Crippen LogP contribution in [0.3, 0.4) is 0 Å². The van der Waals surface area contributed by atoms with Gasteiger partial charge in [-0.2, -0.15) is 0 Å². The first-order valence-corrected chi connectivity index (χ1v) is 7.31. The number of ether oxygens (including phenoxy) is 1. The van der Waals surface area contributed by atoms with Gasteiger partial charge in [0.1, 0.15) is 4.90 Å². The number of nitrogens with one attached hydrogen (secondary N) is 2. The Morgan fingerprint density at radius 1 is 1.42 bits per heavy atom. The van der Waals surface area contributed by atoms with Crippen LogP contribution in [0.2, 0.25) is 0 Å². The Kier molecular flexibility index (Phi) is 6.09. The number of rotatable bonds is 8. The van der Waals surface area contributed by atoms with Gasteiger partial charge in [0.05, 0.1) is 19.0 Å². The lowest BCUT2D eigenvalue weighted by molar-refractivity contribution is 0.171. The molecule has 9 heteroatoms. The molecule has 1 aromatic rings. The van der Waals surface area contributed by atoms with Crippen molar-refractivity contribution >= 4 is 16.0 Å². The summed E-state index contributed by atoms with van der Waals surface area (Å²) in [6, 6.07) is -0.271. The van der Waals surface area contributed by atoms with Crippen LogP contribution < -0.4 is 16.0 Å². The molecule has 1 unspecified atom stereocenters. The molecule has 0 aliphatic rings. The lowest BCUT2D eigenvalue weighted by Gasteiger charge is -2.16. The number of anilines is 1. The highest BCUT2D eigenvalue weighted by Crippen LogP contribution is 2.09. The summed E-state index contributed by atoms with van der Waals surface area (Å²) in [5.41, 5.74) is 2.23. The van der Waals surface area contributed by atoms with E-state index in [1.165, 1.54) is 19.5 Å². The van der Waals surface area contributed by atoms with Gasteiger partial charge in [0, 0.05) is 13.2 Å². The van der Waals surface area contributed by atoms with Gasteiger partial charge in [0.15, 0.2) is 0 Å². The van der Waals surface area contributed by atoms with Crippen molar-refractivity contribution in [2.45, 2.75) is 30.7 Å². The first-order valence-electron chi connectivity index (χ1n) is 5.83. The second-order valence-electron chi connectivity index (χ2n) is 3.95. The number of sulfonamides is 1. The molecular formula is C10H19N5O3S. The van der Waals surface area contributed by atoms with E-state index in [0.717, 1.165) is 6.42 Å². The van der Waals surface area contributed by atoms with E-state index in [4.69, 9.17) is 10.6 Å². The third kappa shape index (κ3) is 4.71. The van der Waals surface area contributed by atoms with E-state index in [1.807, 2.05) is 6.92 Å². The zero-order chi connectivity index (χ0) is 14.3. The maximum absolute atomic E-state index is 12.1. The van der Waals surface area contributed by atoms with Crippen LogP contribution in [0.1, 0.15) is 19.8 Å². The average Bonchev–Trinajstić information content (AvgIpc) is 2.39. The van der Waals surface area contributed by atoms with Gasteiger partial charge in [0.25, 0.3) is 0 Å². The Morgan fingerprint density at radius 2 is 2.05 bits per heavy atom. The van der Waals surface area contributed by atoms with Crippen molar-refractivity contribution in [1.29, 1.82) is 0 Å². The van der Waals surface area contributed by atoms with E-state index in [-0.39, 0.29) is 16.9 Å². The number of nitrogens with zero attached hydrogens (tertiary/aromatic N) is 2. The normalized spacial score (nSPS) is 13.2. The van der Waals surface area contributed by atoms with Crippen molar-refractivity contribution in [3.63, 3.8) is 0 Å². The van der Waals surface area contributed by atoms with Gasteiger partial charge in [-0.25, -0.2) is 29.0 Å². The molecule has 19 heavy (non-hydrogen) atoms. The van der Waals surface area contributed by atoms with Crippen molar-refractivity contribution in [2.75, 3.05) is 19.1 Å². The van der Waals surface area contributed by atoms with E-state index in [2.05, 4.69) is 20.1 Å². The molecule has 1 rings (SSSR count). The molecule has 0 aliphatic heterocycles. The van der Waals surface area contributed by atoms with Crippen molar-refractivity contribution < 1.29 is 13.2 Å². The van der Waals surface area contributed by atoms with Crippen LogP contribution in [0, 0.1) is 0 Å². The van der Waals surface area contributed by atoms with E-state index in [1.54, 1.807) is 0 Å². The number of nitrogen functional groups attached to an aromatic ring is 1. The minimum atomic E-state index is -3.65. The van der Waals surface area contributed by atoms with Crippen LogP contribution in [-0.2, 0) is 14.8 Å². The second-order valence-corrected chi connectivity index (χ2v) is 5.66. The van der Waals surface area contributed by atoms with Gasteiger partial charge < -0.3 is 4.74 Å². The van der Waals surface area contributed by atoms with E-state index < -0.39 is 10.0 Å². The maximum Gasteiger partial charge on any atom is 0.243 e. The molecule has 0 radical (unpaired) electrons. The third-order valence-corrected chi connectivity index (χ3v) is 3.87. The van der Waals surface area contributed by atoms with Crippen LogP contribution >= 0.6 is 0 Å². The average molecular weight is 289 g/mol. The first kappa shape index (κ1) is 15.8. The summed E-state index contributed by atoms with van der Waals surface area (Å²) in [5, 5.41) is 0. The summed E-state index contributed by atoms with van der Waals surface area (Å²) in [6.45, 7) is 2.29. The molecule has 0 amide bonds. The van der Waals surface area contributed by atoms with Gasteiger partial charge in [-0.1, -0.05) is 13.3 Å². The molecular weight excluding hydrogens is 270 g/mol. The highest BCUT2D eigenvalue weighted by atomic mass is 32.2. The molecule has 0 aromatic carbocycles. The standard InChI is InChI=1S/C10H19N5O3S/c1-3-4-8(7-18-2)15-19(16,17)9-5-12-10(14-11)13-6-9/h5-6,8,15H,3-4,7,11H2,1-2H3,(H,12,13,14). The fourth-order valence-corrected chi connectivity index (χ4v) is 2.69. The van der Waals surface area contributed by atoms with Crippen LogP contribution in [0.25, 0.3) is 0 Å². The SMILES string of the molecule is CCCC(COC)NS(=O)(=O)c1cnc(NN)nc1. The smallest absolute Gasteiger partial charge is 0.243 e. The number of hydrogen-bond acceptors (Lipinski definition) is 7. The quantitative estimate of drug-likeness (QED) is 0.450. The molecule has 0 spiro atoms. The molecule has 108 valence electrons. The molecule has 8 nitrogen and oxygen atoms in total. The van der Waals surface area contributed by atoms with Crippen LogP contribution in [0.5, 0.6) is 0 Å². The Hall–Kier alpha value is -1.29. The minimum absolute atomic E-state index is 0.0105. The Balaban J connectivity index is 2.83. The lowest BCUT2D eigenvalue weighted by atomic mass is 10.2. The Bertz CT molecular complexity index is 470. The van der Waals surface area contributed by atoms with Crippen molar-refractivity contribution in [2.24, 2.45) is 5.84 Å². The van der Waals surface area contributed by atoms with Crippen LogP contribution in [0.15, 0.2) is 17.3 Å². The fraction of sp³-hybridized carbons (Fsp3) is 0.600. The third-order valence-electron chi connectivity index (χ3n) is 2.39. The number of nitrogens with two attached hydrogens (primary N) is 1. The number of aromatic nitrogens is 2. The van der Waals surface area contributed by atoms with Crippen LogP contribution in [-0.4, -0.2) is 38.1 Å². The van der Waals surface area contributed by atoms with Gasteiger partial charge in [-0.3, -0.25) is 5.43 Å². The molecule has 0 bridgehead atoms. The van der Waals surface area contributed by atoms with Gasteiger partial charge in [-0.05, 0) is 6.42 Å². The summed E-state index contributed by atoms with van der Waals surface area (Å²) >= 11 is 0. The van der Waals surface area contributed by atoms with E-state index in [9.17, 15) is 8.42 Å². The van der Waals surface area contributed by atoms with Crippen molar-refractivity contribution in [3.05, 3.63) is 12.4 Å². The zero-order valence-corrected chi connectivity index (χ0v) is 11.8. The van der Waals surface area contributed by atoms with Crippen molar-refractivity contribution in [3.8, 4) is 0 Å². The van der Waals surface area contributed by atoms with Gasteiger partial charge in [0.2, 0.25) is 16.0 Å². The topological polar surface area (TPSA) is 119 Å². The minimum Gasteiger partial charge on any atom is -0.383 e. The number of hydrogen-bond donors (Lipinski definition) is 3. The molecule has 1 atom stereocenters. The highest BCUT2D eigenvalue weighted by molar-refractivity contribution is 7.89. The Morgan fingerprint density at radius 3 is 2.53 bits per heavy atom. The molecule has 1 aromatic heterocycles. The predicted octanol–water partition coefficient (Wildman–Crippen LogP) is -0.144. The summed E-state index contributed by atoms with van der Waals surface area (Å²) in [4.78, 5) is 7.52. The summed E-state index contributed by atoms with van der Waals surface area (Å²) in [6.07, 6.45) is 3.93. The molecule has 1 heterocycles. The van der Waals surface area contributed by atoms with Crippen molar-refractivity contribution in [1.82, 2.24) is 14.7 Å². The largest absolute Gasteiger partial charge is 0.383 e. The highest BCUT2D eigenvalue weighted by Gasteiger charge is 2.20. The maximum atomic E-state index is 12.1. The van der Waals surface area contributed by atoms with Gasteiger partial charge >= 0.3 is 0 Å². The molecule has 0 aliphatic carbocycles. The van der Waals surface area contributed by atoms with E-state index >= 15 is 0 Å². The zero-order valence-electron chi connectivity index (χ0n) is 11.0. The molecule has 0 saturated carbocycles. The molecule has 4 N–H and O–H groups in total. The fourth-order valence-electron chi connectivity index (χ4n) is 1.54. The monoisotopic (exact) mass is 289 g/mol. The summed E-state index contributed by atoms with van der Waals surface area (Å²) in [7, 11) is -2.12. The van der Waals surface area contributed by atoms with Gasteiger partial charge in [-0.15, -0.1) is 0 Å². The predicted molar refractivity (Wildman–Crippen MR) is 70.7 cm³/mol.